The molecule has 9 nitrogen and oxygen atoms in total. The number of carbonyl (C=O) groups is 1. The smallest absolute Gasteiger partial charge is 0.282 e. The van der Waals surface area contributed by atoms with Crippen molar-refractivity contribution in [2.45, 2.75) is 12.8 Å². The molecule has 2 saturated heterocycles. The zero-order valence-corrected chi connectivity index (χ0v) is 13.6. The highest BCUT2D eigenvalue weighted by Gasteiger charge is 2.35. The monoisotopic (exact) mass is 340 g/mol. The quantitative estimate of drug-likeness (QED) is 0.767. The van der Waals surface area contributed by atoms with E-state index in [1.54, 1.807) is 4.90 Å². The van der Waals surface area contributed by atoms with Crippen molar-refractivity contribution in [1.82, 2.24) is 23.5 Å². The molecule has 1 amide bonds. The number of nitrogens with two attached hydrogens (primary N) is 1. The summed E-state index contributed by atoms with van der Waals surface area (Å²) in [4.78, 5) is 21.8. The van der Waals surface area contributed by atoms with Crippen molar-refractivity contribution in [3.63, 3.8) is 0 Å². The second kappa shape index (κ2) is 6.38. The van der Waals surface area contributed by atoms with Crippen LogP contribution in [0.25, 0.3) is 0 Å². The molecule has 23 heavy (non-hydrogen) atoms. The number of nitrogen functional groups attached to an aromatic ring is 1. The summed E-state index contributed by atoms with van der Waals surface area (Å²) in [6.45, 7) is 2.37. The Morgan fingerprint density at radius 2 is 1.52 bits per heavy atom. The van der Waals surface area contributed by atoms with Crippen LogP contribution in [0, 0.1) is 0 Å². The summed E-state index contributed by atoms with van der Waals surface area (Å²) < 4.78 is 28.0. The third-order valence-electron chi connectivity index (χ3n) is 4.17. The fourth-order valence-electron chi connectivity index (χ4n) is 2.87. The lowest BCUT2D eigenvalue weighted by Gasteiger charge is -2.35. The molecule has 0 radical (unpaired) electrons. The molecule has 2 fully saturated rings. The summed E-state index contributed by atoms with van der Waals surface area (Å²) in [6.07, 6.45) is 4.65. The SMILES string of the molecule is Nc1nccnc1C(=O)N1CCN(S(=O)(=O)N2CCCC2)CC1. The number of piperazine rings is 1. The summed E-state index contributed by atoms with van der Waals surface area (Å²) in [5.74, 6) is -0.224. The van der Waals surface area contributed by atoms with Gasteiger partial charge in [-0.3, -0.25) is 4.79 Å². The Kier molecular flexibility index (Phi) is 4.46. The van der Waals surface area contributed by atoms with Crippen molar-refractivity contribution in [2.75, 3.05) is 45.0 Å². The predicted molar refractivity (Wildman–Crippen MR) is 83.6 cm³/mol. The fraction of sp³-hybridized carbons (Fsp3) is 0.615. The minimum absolute atomic E-state index is 0.0876. The van der Waals surface area contributed by atoms with Crippen molar-refractivity contribution in [3.8, 4) is 0 Å². The van der Waals surface area contributed by atoms with E-state index in [0.717, 1.165) is 12.8 Å². The van der Waals surface area contributed by atoms with Crippen LogP contribution in [0.1, 0.15) is 23.3 Å². The Bertz CT molecular complexity index is 681. The molecule has 10 heteroatoms. The second-order valence-electron chi connectivity index (χ2n) is 5.60. The van der Waals surface area contributed by atoms with Gasteiger partial charge in [-0.2, -0.15) is 17.0 Å². The van der Waals surface area contributed by atoms with E-state index in [1.807, 2.05) is 0 Å². The van der Waals surface area contributed by atoms with E-state index in [9.17, 15) is 13.2 Å². The molecule has 0 unspecified atom stereocenters. The van der Waals surface area contributed by atoms with Gasteiger partial charge in [0.2, 0.25) is 0 Å². The van der Waals surface area contributed by atoms with E-state index in [-0.39, 0.29) is 30.5 Å². The van der Waals surface area contributed by atoms with E-state index in [2.05, 4.69) is 9.97 Å². The van der Waals surface area contributed by atoms with Gasteiger partial charge in [-0.15, -0.1) is 0 Å². The fourth-order valence-corrected chi connectivity index (χ4v) is 4.54. The third-order valence-corrected chi connectivity index (χ3v) is 6.21. The lowest BCUT2D eigenvalue weighted by atomic mass is 10.3. The second-order valence-corrected chi connectivity index (χ2v) is 7.52. The van der Waals surface area contributed by atoms with Gasteiger partial charge in [0.15, 0.2) is 11.5 Å². The van der Waals surface area contributed by atoms with Gasteiger partial charge >= 0.3 is 0 Å². The zero-order chi connectivity index (χ0) is 16.4. The van der Waals surface area contributed by atoms with Crippen LogP contribution < -0.4 is 5.73 Å². The van der Waals surface area contributed by atoms with Crippen LogP contribution in [0.5, 0.6) is 0 Å². The van der Waals surface area contributed by atoms with Crippen LogP contribution in [-0.2, 0) is 10.2 Å². The van der Waals surface area contributed by atoms with Crippen LogP contribution in [0.4, 0.5) is 5.82 Å². The number of hydrogen-bond acceptors (Lipinski definition) is 6. The number of anilines is 1. The van der Waals surface area contributed by atoms with Gasteiger partial charge in [0, 0.05) is 51.7 Å². The molecule has 3 heterocycles. The topological polar surface area (TPSA) is 113 Å². The van der Waals surface area contributed by atoms with E-state index in [4.69, 9.17) is 5.73 Å². The normalized spacial score (nSPS) is 20.8. The number of nitrogens with zero attached hydrogens (tertiary/aromatic N) is 5. The number of amides is 1. The highest BCUT2D eigenvalue weighted by Crippen LogP contribution is 2.19. The van der Waals surface area contributed by atoms with Gasteiger partial charge in [0.05, 0.1) is 0 Å². The molecular formula is C13H20N6O3S. The average Bonchev–Trinajstić information content (AvgIpc) is 3.10. The highest BCUT2D eigenvalue weighted by molar-refractivity contribution is 7.86. The third kappa shape index (κ3) is 3.14. The van der Waals surface area contributed by atoms with Gasteiger partial charge in [0.25, 0.3) is 16.1 Å². The molecule has 0 atom stereocenters. The van der Waals surface area contributed by atoms with Crippen LogP contribution in [-0.4, -0.2) is 77.1 Å². The maximum absolute atomic E-state index is 12.5. The lowest BCUT2D eigenvalue weighted by molar-refractivity contribution is 0.0689. The first-order chi connectivity index (χ1) is 11.0. The molecule has 2 aliphatic rings. The van der Waals surface area contributed by atoms with E-state index in [0.29, 0.717) is 26.2 Å². The first-order valence-corrected chi connectivity index (χ1v) is 9.01. The van der Waals surface area contributed by atoms with Crippen LogP contribution >= 0.6 is 0 Å². The Morgan fingerprint density at radius 3 is 2.13 bits per heavy atom. The standard InChI is InChI=1S/C13H20N6O3S/c14-12-11(15-3-4-16-12)13(20)17-7-9-19(10-8-17)23(21,22)18-5-1-2-6-18/h3-4H,1-2,5-10H2,(H2,14,16). The van der Waals surface area contributed by atoms with Crippen LogP contribution in [0.2, 0.25) is 0 Å². The van der Waals surface area contributed by atoms with Crippen molar-refractivity contribution >= 4 is 21.9 Å². The van der Waals surface area contributed by atoms with E-state index < -0.39 is 10.2 Å². The Morgan fingerprint density at radius 1 is 0.957 bits per heavy atom. The average molecular weight is 340 g/mol. The first-order valence-electron chi connectivity index (χ1n) is 7.61. The largest absolute Gasteiger partial charge is 0.382 e. The lowest BCUT2D eigenvalue weighted by Crippen LogP contribution is -2.53. The highest BCUT2D eigenvalue weighted by atomic mass is 32.2. The first kappa shape index (κ1) is 16.1. The molecule has 0 aliphatic carbocycles. The van der Waals surface area contributed by atoms with Gasteiger partial charge < -0.3 is 10.6 Å². The molecule has 1 aromatic rings. The van der Waals surface area contributed by atoms with Crippen LogP contribution in [0.3, 0.4) is 0 Å². The zero-order valence-electron chi connectivity index (χ0n) is 12.8. The molecular weight excluding hydrogens is 320 g/mol. The molecule has 0 aromatic carbocycles. The van der Waals surface area contributed by atoms with Crippen molar-refractivity contribution in [3.05, 3.63) is 18.1 Å². The van der Waals surface area contributed by atoms with Gasteiger partial charge in [0.1, 0.15) is 0 Å². The van der Waals surface area contributed by atoms with Crippen molar-refractivity contribution in [2.24, 2.45) is 0 Å². The Hall–Kier alpha value is -1.78. The minimum Gasteiger partial charge on any atom is -0.382 e. The number of carbonyl (C=O) groups excluding carboxylic acids is 1. The summed E-state index contributed by atoms with van der Waals surface area (Å²) in [5.41, 5.74) is 5.79. The summed E-state index contributed by atoms with van der Waals surface area (Å²) in [7, 11) is -3.41. The molecule has 126 valence electrons. The minimum atomic E-state index is -3.41. The maximum atomic E-state index is 12.5. The van der Waals surface area contributed by atoms with Gasteiger partial charge in [-0.1, -0.05) is 0 Å². The number of aromatic nitrogens is 2. The molecule has 0 spiro atoms. The predicted octanol–water partition coefficient (Wildman–Crippen LogP) is -0.843. The Balaban J connectivity index is 1.64. The van der Waals surface area contributed by atoms with E-state index >= 15 is 0 Å². The number of hydrogen-bond donors (Lipinski definition) is 1. The summed E-state index contributed by atoms with van der Waals surface area (Å²) in [6, 6.07) is 0. The summed E-state index contributed by atoms with van der Waals surface area (Å²) in [5, 5.41) is 0. The van der Waals surface area contributed by atoms with Crippen LogP contribution in [0.15, 0.2) is 12.4 Å². The van der Waals surface area contributed by atoms with E-state index in [1.165, 1.54) is 21.0 Å². The molecule has 3 rings (SSSR count). The molecule has 0 bridgehead atoms. The molecule has 0 saturated carbocycles. The molecule has 2 aliphatic heterocycles. The maximum Gasteiger partial charge on any atom is 0.282 e. The summed E-state index contributed by atoms with van der Waals surface area (Å²) >= 11 is 0. The Labute approximate surface area is 135 Å². The van der Waals surface area contributed by atoms with Gasteiger partial charge in [-0.05, 0) is 12.8 Å². The molecule has 1 aromatic heterocycles. The van der Waals surface area contributed by atoms with Gasteiger partial charge in [-0.25, -0.2) is 9.97 Å². The van der Waals surface area contributed by atoms with Crippen molar-refractivity contribution < 1.29 is 13.2 Å². The van der Waals surface area contributed by atoms with Crippen molar-refractivity contribution in [1.29, 1.82) is 0 Å². The molecule has 2 N–H and O–H groups in total. The number of rotatable bonds is 3.